The Kier molecular flexibility index (Phi) is 11.7. The number of hydrogen-bond acceptors (Lipinski definition) is 4. The van der Waals surface area contributed by atoms with Gasteiger partial charge in [0.1, 0.15) is 5.54 Å². The van der Waals surface area contributed by atoms with E-state index in [4.69, 9.17) is 10.7 Å². The number of unbranched alkanes of at least 4 members (excludes halogenated alkanes) is 2. The van der Waals surface area contributed by atoms with Crippen LogP contribution < -0.4 is 11.1 Å². The van der Waals surface area contributed by atoms with Crippen molar-refractivity contribution in [3.63, 3.8) is 0 Å². The standard InChI is InChI=1S/C32H52N4O2/c1-5-7-18-32(22-27-12-10-9-11-13-27)30(38)36(31(33)35-32)23-28-16-14-26(15-17-28)20-24(3)25(4)21-29(37)34-19-8-6-2/h14-17,24-25,27H,5-13,18-23H2,1-4H3,(H2,33,35)(H,34,37). The third-order valence-corrected chi connectivity index (χ3v) is 8.80. The van der Waals surface area contributed by atoms with Crippen molar-refractivity contribution in [1.82, 2.24) is 10.2 Å². The third-order valence-electron chi connectivity index (χ3n) is 8.80. The van der Waals surface area contributed by atoms with Crippen molar-refractivity contribution in [1.29, 1.82) is 0 Å². The predicted molar refractivity (Wildman–Crippen MR) is 157 cm³/mol. The molecule has 0 radical (unpaired) electrons. The van der Waals surface area contributed by atoms with Crippen LogP contribution in [-0.2, 0) is 22.6 Å². The maximum Gasteiger partial charge on any atom is 0.257 e. The fourth-order valence-corrected chi connectivity index (χ4v) is 6.08. The van der Waals surface area contributed by atoms with Crippen molar-refractivity contribution in [3.8, 4) is 0 Å². The maximum absolute atomic E-state index is 13.8. The number of nitrogens with zero attached hydrogens (tertiary/aromatic N) is 2. The van der Waals surface area contributed by atoms with Crippen LogP contribution >= 0.6 is 0 Å². The number of amides is 2. The zero-order valence-corrected chi connectivity index (χ0v) is 24.4. The molecule has 3 N–H and O–H groups in total. The Hall–Kier alpha value is -2.37. The molecule has 0 saturated heterocycles. The molecule has 1 aromatic rings. The highest BCUT2D eigenvalue weighted by atomic mass is 16.2. The van der Waals surface area contributed by atoms with Crippen molar-refractivity contribution in [2.24, 2.45) is 28.5 Å². The van der Waals surface area contributed by atoms with Crippen molar-refractivity contribution in [3.05, 3.63) is 35.4 Å². The highest BCUT2D eigenvalue weighted by Crippen LogP contribution is 2.39. The van der Waals surface area contributed by atoms with Crippen molar-refractivity contribution >= 4 is 17.8 Å². The topological polar surface area (TPSA) is 87.8 Å². The summed E-state index contributed by atoms with van der Waals surface area (Å²) >= 11 is 0. The van der Waals surface area contributed by atoms with Gasteiger partial charge in [-0.1, -0.05) is 103 Å². The van der Waals surface area contributed by atoms with Gasteiger partial charge in [0, 0.05) is 13.0 Å². The molecule has 2 aliphatic rings. The summed E-state index contributed by atoms with van der Waals surface area (Å²) in [5.74, 6) is 1.92. The summed E-state index contributed by atoms with van der Waals surface area (Å²) < 4.78 is 0. The Morgan fingerprint density at radius 1 is 1.05 bits per heavy atom. The number of hydrogen-bond donors (Lipinski definition) is 2. The summed E-state index contributed by atoms with van der Waals surface area (Å²) in [6.07, 6.45) is 13.6. The van der Waals surface area contributed by atoms with Crippen LogP contribution in [-0.4, -0.2) is 34.8 Å². The van der Waals surface area contributed by atoms with Gasteiger partial charge in [-0.3, -0.25) is 14.5 Å². The molecule has 6 nitrogen and oxygen atoms in total. The van der Waals surface area contributed by atoms with E-state index in [0.29, 0.717) is 36.7 Å². The van der Waals surface area contributed by atoms with E-state index in [0.717, 1.165) is 57.1 Å². The summed E-state index contributed by atoms with van der Waals surface area (Å²) in [6.45, 7) is 9.93. The van der Waals surface area contributed by atoms with E-state index in [9.17, 15) is 9.59 Å². The molecule has 0 bridgehead atoms. The van der Waals surface area contributed by atoms with Gasteiger partial charge in [0.25, 0.3) is 5.91 Å². The number of guanidine groups is 1. The molecule has 38 heavy (non-hydrogen) atoms. The second kappa shape index (κ2) is 14.7. The lowest BCUT2D eigenvalue weighted by molar-refractivity contribution is -0.132. The van der Waals surface area contributed by atoms with Crippen LogP contribution in [0.5, 0.6) is 0 Å². The van der Waals surface area contributed by atoms with E-state index in [1.165, 1.54) is 37.7 Å². The SMILES string of the molecule is CCCCNC(=O)CC(C)C(C)Cc1ccc(CN2C(=O)C(CCCC)(CC3CCCCC3)N=C2N)cc1. The molecule has 0 aromatic heterocycles. The van der Waals surface area contributed by atoms with Gasteiger partial charge in [0.15, 0.2) is 5.96 Å². The first-order valence-electron chi connectivity index (χ1n) is 15.3. The molecule has 3 rings (SSSR count). The fourth-order valence-electron chi connectivity index (χ4n) is 6.08. The molecule has 1 heterocycles. The average molecular weight is 525 g/mol. The van der Waals surface area contributed by atoms with Gasteiger partial charge in [-0.05, 0) is 54.6 Å². The predicted octanol–water partition coefficient (Wildman–Crippen LogP) is 6.36. The Morgan fingerprint density at radius 2 is 1.71 bits per heavy atom. The fraction of sp³-hybridized carbons (Fsp3) is 0.719. The van der Waals surface area contributed by atoms with Gasteiger partial charge in [0.05, 0.1) is 6.54 Å². The van der Waals surface area contributed by atoms with Crippen LogP contribution in [0.3, 0.4) is 0 Å². The van der Waals surface area contributed by atoms with E-state index in [1.807, 2.05) is 0 Å². The average Bonchev–Trinajstić information content (AvgIpc) is 3.13. The highest BCUT2D eigenvalue weighted by molar-refractivity contribution is 6.06. The molecule has 3 atom stereocenters. The van der Waals surface area contributed by atoms with E-state index < -0.39 is 5.54 Å². The Morgan fingerprint density at radius 3 is 2.37 bits per heavy atom. The maximum atomic E-state index is 13.8. The summed E-state index contributed by atoms with van der Waals surface area (Å²) in [7, 11) is 0. The Balaban J connectivity index is 1.58. The molecule has 212 valence electrons. The summed E-state index contributed by atoms with van der Waals surface area (Å²) in [5, 5.41) is 3.03. The van der Waals surface area contributed by atoms with Crippen LogP contribution in [0.15, 0.2) is 29.3 Å². The molecular weight excluding hydrogens is 472 g/mol. The molecule has 1 aromatic carbocycles. The summed E-state index contributed by atoms with van der Waals surface area (Å²) in [4.78, 5) is 32.6. The van der Waals surface area contributed by atoms with E-state index in [1.54, 1.807) is 4.90 Å². The van der Waals surface area contributed by atoms with E-state index >= 15 is 0 Å². The van der Waals surface area contributed by atoms with Gasteiger partial charge in [0.2, 0.25) is 5.91 Å². The molecular formula is C32H52N4O2. The Bertz CT molecular complexity index is 922. The third kappa shape index (κ3) is 8.31. The van der Waals surface area contributed by atoms with Crippen LogP contribution in [0.1, 0.15) is 116 Å². The van der Waals surface area contributed by atoms with E-state index in [-0.39, 0.29) is 11.8 Å². The van der Waals surface area contributed by atoms with Crippen LogP contribution in [0.25, 0.3) is 0 Å². The van der Waals surface area contributed by atoms with Crippen LogP contribution in [0.2, 0.25) is 0 Å². The smallest absolute Gasteiger partial charge is 0.257 e. The second-order valence-electron chi connectivity index (χ2n) is 12.1. The Labute approximate surface area is 231 Å². The minimum atomic E-state index is -0.670. The second-order valence-corrected chi connectivity index (χ2v) is 12.1. The zero-order valence-electron chi connectivity index (χ0n) is 24.4. The van der Waals surface area contributed by atoms with Crippen molar-refractivity contribution in [2.75, 3.05) is 6.54 Å². The van der Waals surface area contributed by atoms with Gasteiger partial charge in [-0.15, -0.1) is 0 Å². The summed E-state index contributed by atoms with van der Waals surface area (Å²) in [5.41, 5.74) is 8.05. The van der Waals surface area contributed by atoms with Crippen molar-refractivity contribution in [2.45, 2.75) is 123 Å². The van der Waals surface area contributed by atoms with Gasteiger partial charge in [-0.25, -0.2) is 4.99 Å². The molecule has 1 fully saturated rings. The number of nitrogens with two attached hydrogens (primary N) is 1. The van der Waals surface area contributed by atoms with Crippen molar-refractivity contribution < 1.29 is 9.59 Å². The lowest BCUT2D eigenvalue weighted by atomic mass is 9.77. The largest absolute Gasteiger partial charge is 0.369 e. The zero-order chi connectivity index (χ0) is 27.5. The summed E-state index contributed by atoms with van der Waals surface area (Å²) in [6, 6.07) is 8.52. The van der Waals surface area contributed by atoms with E-state index in [2.05, 4.69) is 57.3 Å². The minimum Gasteiger partial charge on any atom is -0.369 e. The highest BCUT2D eigenvalue weighted by Gasteiger charge is 2.48. The van der Waals surface area contributed by atoms with Gasteiger partial charge >= 0.3 is 0 Å². The quantitative estimate of drug-likeness (QED) is 0.262. The molecule has 0 spiro atoms. The molecule has 6 heteroatoms. The van der Waals surface area contributed by atoms with Crippen LogP contribution in [0, 0.1) is 17.8 Å². The molecule has 1 aliphatic carbocycles. The lowest BCUT2D eigenvalue weighted by Crippen LogP contribution is -2.45. The number of carbonyl (C=O) groups excluding carboxylic acids is 2. The van der Waals surface area contributed by atoms with Gasteiger partial charge in [-0.2, -0.15) is 0 Å². The number of rotatable bonds is 15. The molecule has 1 aliphatic heterocycles. The molecule has 1 saturated carbocycles. The first-order valence-corrected chi connectivity index (χ1v) is 15.3. The lowest BCUT2D eigenvalue weighted by Gasteiger charge is -2.32. The van der Waals surface area contributed by atoms with Crippen LogP contribution in [0.4, 0.5) is 0 Å². The monoisotopic (exact) mass is 524 g/mol. The van der Waals surface area contributed by atoms with Gasteiger partial charge < -0.3 is 11.1 Å². The number of carbonyl (C=O) groups is 2. The first kappa shape index (κ1) is 30.2. The number of benzene rings is 1. The number of aliphatic imine (C=N–C) groups is 1. The molecule has 2 amide bonds. The minimum absolute atomic E-state index is 0.0951. The first-order chi connectivity index (χ1) is 18.3. The molecule has 3 unspecified atom stereocenters. The normalized spacial score (nSPS) is 21.8. The number of nitrogens with one attached hydrogen (secondary N) is 1.